The minimum atomic E-state index is -0.162. The van der Waals surface area contributed by atoms with Crippen molar-refractivity contribution in [3.63, 3.8) is 0 Å². The summed E-state index contributed by atoms with van der Waals surface area (Å²) in [4.78, 5) is 0. The van der Waals surface area contributed by atoms with Crippen LogP contribution in [0.25, 0.3) is 0 Å². The second kappa shape index (κ2) is 15.9. The van der Waals surface area contributed by atoms with Gasteiger partial charge in [-0.1, -0.05) is 32.3 Å². The molecular weight excluding hydrogens is 504 g/mol. The standard InChI is InChI=1S/C30H48O5S2/c1-3-4-5-11-25(34-28-12-6-8-18-32-28)23-30(36-20-10-21-37-30)17-16-24-14-15-26(27(22-24)31-2)35-29-13-7-9-19-33-29/h14-15,22,25,28-29H,3-13,16-21,23H2,1-2H3/t25-,28?,29?/m0/s1. The molecule has 0 amide bonds. The van der Waals surface area contributed by atoms with Crippen LogP contribution in [0.2, 0.25) is 0 Å². The van der Waals surface area contributed by atoms with Crippen LogP contribution in [-0.4, -0.2) is 54.6 Å². The molecule has 1 aromatic carbocycles. The zero-order valence-electron chi connectivity index (χ0n) is 23.0. The fourth-order valence-electron chi connectivity index (χ4n) is 5.45. The minimum absolute atomic E-state index is 0.0130. The van der Waals surface area contributed by atoms with Crippen molar-refractivity contribution in [2.24, 2.45) is 0 Å². The monoisotopic (exact) mass is 552 g/mol. The van der Waals surface area contributed by atoms with Gasteiger partial charge in [-0.05, 0) is 93.4 Å². The van der Waals surface area contributed by atoms with Gasteiger partial charge in [0.1, 0.15) is 0 Å². The highest BCUT2D eigenvalue weighted by Crippen LogP contribution is 2.50. The predicted octanol–water partition coefficient (Wildman–Crippen LogP) is 7.98. The molecule has 5 nitrogen and oxygen atoms in total. The Bertz CT molecular complexity index is 773. The second-order valence-electron chi connectivity index (χ2n) is 10.6. The minimum Gasteiger partial charge on any atom is -0.493 e. The lowest BCUT2D eigenvalue weighted by Gasteiger charge is -2.40. The van der Waals surface area contributed by atoms with Gasteiger partial charge < -0.3 is 23.7 Å². The van der Waals surface area contributed by atoms with Gasteiger partial charge >= 0.3 is 0 Å². The highest BCUT2D eigenvalue weighted by molar-refractivity contribution is 8.18. The molecule has 0 radical (unpaired) electrons. The van der Waals surface area contributed by atoms with E-state index in [4.69, 9.17) is 23.7 Å². The first-order valence-electron chi connectivity index (χ1n) is 14.7. The number of thioether (sulfide) groups is 2. The number of rotatable bonds is 14. The molecule has 0 saturated carbocycles. The second-order valence-corrected chi connectivity index (χ2v) is 13.8. The van der Waals surface area contributed by atoms with Gasteiger partial charge in [0.25, 0.3) is 0 Å². The summed E-state index contributed by atoms with van der Waals surface area (Å²) in [5, 5.41) is 0. The van der Waals surface area contributed by atoms with Crippen LogP contribution < -0.4 is 9.47 Å². The molecule has 210 valence electrons. The Hall–Kier alpha value is -0.600. The van der Waals surface area contributed by atoms with E-state index < -0.39 is 0 Å². The molecule has 3 atom stereocenters. The van der Waals surface area contributed by atoms with E-state index in [0.29, 0.717) is 0 Å². The average Bonchev–Trinajstić information content (AvgIpc) is 2.94. The lowest BCUT2D eigenvalue weighted by molar-refractivity contribution is -0.191. The Labute approximate surface area is 233 Å². The molecule has 3 aliphatic heterocycles. The van der Waals surface area contributed by atoms with Gasteiger partial charge in [0, 0.05) is 13.0 Å². The summed E-state index contributed by atoms with van der Waals surface area (Å²) in [6.07, 6.45) is 16.2. The van der Waals surface area contributed by atoms with E-state index in [2.05, 4.69) is 48.6 Å². The largest absolute Gasteiger partial charge is 0.493 e. The van der Waals surface area contributed by atoms with Crippen LogP contribution in [0.4, 0.5) is 0 Å². The van der Waals surface area contributed by atoms with Gasteiger partial charge in [-0.15, -0.1) is 23.5 Å². The predicted molar refractivity (Wildman–Crippen MR) is 155 cm³/mol. The molecule has 37 heavy (non-hydrogen) atoms. The smallest absolute Gasteiger partial charge is 0.200 e. The van der Waals surface area contributed by atoms with Crippen LogP contribution in [0.3, 0.4) is 0 Å². The van der Waals surface area contributed by atoms with E-state index in [1.807, 2.05) is 0 Å². The zero-order valence-corrected chi connectivity index (χ0v) is 24.7. The van der Waals surface area contributed by atoms with Gasteiger partial charge in [-0.25, -0.2) is 0 Å². The molecule has 3 aliphatic rings. The number of unbranched alkanes of at least 4 members (excludes halogenated alkanes) is 2. The third kappa shape index (κ3) is 9.52. The van der Waals surface area contributed by atoms with Crippen molar-refractivity contribution < 1.29 is 23.7 Å². The van der Waals surface area contributed by atoms with E-state index in [9.17, 15) is 0 Å². The van der Waals surface area contributed by atoms with Gasteiger partial charge in [0.05, 0.1) is 23.9 Å². The summed E-state index contributed by atoms with van der Waals surface area (Å²) in [5.41, 5.74) is 1.30. The molecule has 7 heteroatoms. The first kappa shape index (κ1) is 29.4. The van der Waals surface area contributed by atoms with E-state index in [0.717, 1.165) is 82.5 Å². The molecule has 4 rings (SSSR count). The first-order chi connectivity index (χ1) is 18.2. The average molecular weight is 553 g/mol. The lowest BCUT2D eigenvalue weighted by atomic mass is 10.0. The van der Waals surface area contributed by atoms with E-state index >= 15 is 0 Å². The summed E-state index contributed by atoms with van der Waals surface area (Å²) < 4.78 is 30.5. The highest BCUT2D eigenvalue weighted by Gasteiger charge is 2.37. The Morgan fingerprint density at radius 2 is 1.70 bits per heavy atom. The molecule has 3 fully saturated rings. The number of benzene rings is 1. The fourth-order valence-corrected chi connectivity index (χ4v) is 8.88. The number of methoxy groups -OCH3 is 1. The Morgan fingerprint density at radius 3 is 2.38 bits per heavy atom. The van der Waals surface area contributed by atoms with Gasteiger partial charge in [-0.2, -0.15) is 0 Å². The summed E-state index contributed by atoms with van der Waals surface area (Å²) in [5.74, 6) is 4.07. The van der Waals surface area contributed by atoms with E-state index in [-0.39, 0.29) is 22.8 Å². The van der Waals surface area contributed by atoms with Crippen LogP contribution in [0.15, 0.2) is 18.2 Å². The van der Waals surface area contributed by atoms with Gasteiger partial charge in [-0.3, -0.25) is 0 Å². The van der Waals surface area contributed by atoms with Crippen molar-refractivity contribution >= 4 is 23.5 Å². The molecule has 0 aromatic heterocycles. The summed E-state index contributed by atoms with van der Waals surface area (Å²) in [7, 11) is 1.73. The van der Waals surface area contributed by atoms with Crippen LogP contribution in [-0.2, 0) is 20.6 Å². The summed E-state index contributed by atoms with van der Waals surface area (Å²) in [6, 6.07) is 6.43. The molecule has 0 bridgehead atoms. The van der Waals surface area contributed by atoms with Crippen molar-refractivity contribution in [1.82, 2.24) is 0 Å². The maximum atomic E-state index is 6.64. The molecule has 0 spiro atoms. The fraction of sp³-hybridized carbons (Fsp3) is 0.800. The number of hydrogen-bond donors (Lipinski definition) is 0. The van der Waals surface area contributed by atoms with Crippen molar-refractivity contribution in [2.45, 2.75) is 120 Å². The van der Waals surface area contributed by atoms with Gasteiger partial charge in [0.2, 0.25) is 0 Å². The lowest BCUT2D eigenvalue weighted by Crippen LogP contribution is -2.35. The van der Waals surface area contributed by atoms with Crippen molar-refractivity contribution in [3.05, 3.63) is 23.8 Å². The molecule has 1 aromatic rings. The van der Waals surface area contributed by atoms with E-state index in [1.165, 1.54) is 49.2 Å². The number of ether oxygens (including phenoxy) is 5. The molecule has 0 aliphatic carbocycles. The molecule has 2 unspecified atom stereocenters. The Morgan fingerprint density at radius 1 is 0.946 bits per heavy atom. The molecule has 3 heterocycles. The van der Waals surface area contributed by atoms with E-state index in [1.54, 1.807) is 7.11 Å². The van der Waals surface area contributed by atoms with Crippen LogP contribution >= 0.6 is 23.5 Å². The molecule has 3 saturated heterocycles. The topological polar surface area (TPSA) is 46.2 Å². The summed E-state index contributed by atoms with van der Waals surface area (Å²) in [6.45, 7) is 3.90. The highest BCUT2D eigenvalue weighted by atomic mass is 32.2. The quantitative estimate of drug-likeness (QED) is 0.217. The van der Waals surface area contributed by atoms with Gasteiger partial charge in [0.15, 0.2) is 24.1 Å². The Balaban J connectivity index is 1.40. The number of hydrogen-bond acceptors (Lipinski definition) is 7. The number of aryl methyl sites for hydroxylation is 1. The first-order valence-corrected chi connectivity index (χ1v) is 16.7. The van der Waals surface area contributed by atoms with Crippen molar-refractivity contribution in [2.75, 3.05) is 31.8 Å². The third-order valence-electron chi connectivity index (χ3n) is 7.59. The molecular formula is C30H48O5S2. The molecule has 0 N–H and O–H groups in total. The third-order valence-corrected chi connectivity index (χ3v) is 11.1. The van der Waals surface area contributed by atoms with Crippen molar-refractivity contribution in [3.8, 4) is 11.5 Å². The van der Waals surface area contributed by atoms with Crippen LogP contribution in [0, 0.1) is 0 Å². The van der Waals surface area contributed by atoms with Crippen LogP contribution in [0.1, 0.15) is 96.0 Å². The normalized spacial score (nSPS) is 24.9. The maximum absolute atomic E-state index is 6.64. The Kier molecular flexibility index (Phi) is 12.6. The maximum Gasteiger partial charge on any atom is 0.200 e. The van der Waals surface area contributed by atoms with Crippen LogP contribution in [0.5, 0.6) is 11.5 Å². The van der Waals surface area contributed by atoms with Crippen molar-refractivity contribution in [1.29, 1.82) is 0 Å². The zero-order chi connectivity index (χ0) is 25.8. The SMILES string of the molecule is CCCCC[C@@H](CC1(CCc2ccc(OC3CCCCO3)c(OC)c2)SCCCS1)OC1CCCCO1. The summed E-state index contributed by atoms with van der Waals surface area (Å²) >= 11 is 4.33.